The van der Waals surface area contributed by atoms with Crippen molar-refractivity contribution in [2.45, 2.75) is 27.3 Å². The third-order valence-corrected chi connectivity index (χ3v) is 3.91. The van der Waals surface area contributed by atoms with Crippen LogP contribution in [0.5, 0.6) is 5.75 Å². The monoisotopic (exact) mass is 416 g/mol. The lowest BCUT2D eigenvalue weighted by Gasteiger charge is -2.05. The summed E-state index contributed by atoms with van der Waals surface area (Å²) in [7, 11) is 1.20. The molecule has 9 nitrogen and oxygen atoms in total. The van der Waals surface area contributed by atoms with Gasteiger partial charge in [-0.1, -0.05) is 12.1 Å². The Balaban J connectivity index is 0.000000269. The predicted molar refractivity (Wildman–Crippen MR) is 105 cm³/mol. The Bertz CT molecular complexity index is 1110. The highest BCUT2D eigenvalue weighted by molar-refractivity contribution is 5.96. The van der Waals surface area contributed by atoms with E-state index in [1.165, 1.54) is 43.8 Å². The van der Waals surface area contributed by atoms with Gasteiger partial charge >= 0.3 is 11.9 Å². The molecule has 30 heavy (non-hydrogen) atoms. The van der Waals surface area contributed by atoms with Gasteiger partial charge in [0.05, 0.1) is 13.3 Å². The van der Waals surface area contributed by atoms with Gasteiger partial charge in [-0.2, -0.15) is 5.10 Å². The van der Waals surface area contributed by atoms with E-state index in [4.69, 9.17) is 10.5 Å². The fourth-order valence-corrected chi connectivity index (χ4v) is 2.46. The Hall–Kier alpha value is -3.66. The average molecular weight is 416 g/mol. The number of esters is 2. The molecule has 3 rings (SSSR count). The van der Waals surface area contributed by atoms with Crippen LogP contribution in [0.15, 0.2) is 30.5 Å². The van der Waals surface area contributed by atoms with E-state index in [2.05, 4.69) is 14.8 Å². The highest BCUT2D eigenvalue weighted by Gasteiger charge is 2.19. The Kier molecular flexibility index (Phi) is 7.32. The van der Waals surface area contributed by atoms with E-state index in [-0.39, 0.29) is 34.4 Å². The molecule has 2 heterocycles. The zero-order valence-corrected chi connectivity index (χ0v) is 16.9. The van der Waals surface area contributed by atoms with Crippen LogP contribution in [-0.4, -0.2) is 39.4 Å². The molecule has 0 amide bonds. The van der Waals surface area contributed by atoms with Crippen molar-refractivity contribution in [1.29, 1.82) is 0 Å². The molecule has 0 aliphatic carbocycles. The Morgan fingerprint density at radius 3 is 2.43 bits per heavy atom. The van der Waals surface area contributed by atoms with Crippen LogP contribution in [0.2, 0.25) is 0 Å². The number of aryl methyl sites for hydroxylation is 1. The summed E-state index contributed by atoms with van der Waals surface area (Å²) in [5.41, 5.74) is 7.13. The second-order valence-corrected chi connectivity index (χ2v) is 6.20. The van der Waals surface area contributed by atoms with Gasteiger partial charge in [-0.25, -0.2) is 18.7 Å². The lowest BCUT2D eigenvalue weighted by Crippen LogP contribution is -2.12. The summed E-state index contributed by atoms with van der Waals surface area (Å²) in [5, 5.41) is 3.92. The van der Waals surface area contributed by atoms with Crippen LogP contribution in [-0.2, 0) is 16.1 Å². The predicted octanol–water partition coefficient (Wildman–Crippen LogP) is 2.24. The van der Waals surface area contributed by atoms with Gasteiger partial charge in [0.2, 0.25) is 0 Å². The summed E-state index contributed by atoms with van der Waals surface area (Å²) in [6, 6.07) is 6.17. The van der Waals surface area contributed by atoms with E-state index in [1.54, 1.807) is 19.1 Å². The number of Topliss-reactive ketones (excluding diaryl/α,β-unsaturated/α-hetero) is 1. The third-order valence-electron chi connectivity index (χ3n) is 3.91. The molecule has 10 heteroatoms. The van der Waals surface area contributed by atoms with Gasteiger partial charge in [-0.3, -0.25) is 9.59 Å². The molecule has 3 aromatic rings. The number of carbonyl (C=O) groups is 3. The van der Waals surface area contributed by atoms with E-state index in [1.807, 2.05) is 0 Å². The molecule has 0 unspecified atom stereocenters. The maximum atomic E-state index is 12.6. The molecular formula is C20H21FN4O5. The van der Waals surface area contributed by atoms with Gasteiger partial charge in [-0.05, 0) is 24.1 Å². The molecule has 2 N–H and O–H groups in total. The zero-order chi connectivity index (χ0) is 22.4. The van der Waals surface area contributed by atoms with Crippen molar-refractivity contribution in [3.05, 3.63) is 58.8 Å². The van der Waals surface area contributed by atoms with Crippen molar-refractivity contribution in [2.24, 2.45) is 5.73 Å². The summed E-state index contributed by atoms with van der Waals surface area (Å²) in [5.74, 6) is -1.69. The molecule has 0 radical (unpaired) electrons. The number of aromatic nitrogens is 3. The van der Waals surface area contributed by atoms with Crippen molar-refractivity contribution in [3.8, 4) is 5.75 Å². The van der Waals surface area contributed by atoms with E-state index < -0.39 is 11.9 Å². The Morgan fingerprint density at radius 2 is 1.90 bits per heavy atom. The molecule has 0 saturated carbocycles. The molecule has 0 fully saturated rings. The maximum Gasteiger partial charge on any atom is 0.356 e. The quantitative estimate of drug-likeness (QED) is 0.507. The highest BCUT2D eigenvalue weighted by atomic mass is 19.1. The minimum absolute atomic E-state index is 0.0609. The van der Waals surface area contributed by atoms with Crippen molar-refractivity contribution >= 4 is 23.4 Å². The van der Waals surface area contributed by atoms with Crippen LogP contribution >= 0.6 is 0 Å². The van der Waals surface area contributed by atoms with Gasteiger partial charge in [0, 0.05) is 26.5 Å². The number of nitrogens with two attached hydrogens (primary N) is 1. The molecule has 0 atom stereocenters. The number of ether oxygens (including phenoxy) is 2. The average Bonchev–Trinajstić information content (AvgIpc) is 3.11. The van der Waals surface area contributed by atoms with Crippen molar-refractivity contribution < 1.29 is 28.2 Å². The molecule has 1 aromatic carbocycles. The summed E-state index contributed by atoms with van der Waals surface area (Å²) < 4.78 is 23.3. The van der Waals surface area contributed by atoms with Gasteiger partial charge < -0.3 is 15.2 Å². The SMILES string of the molecule is COC(=O)c1cc(C(C)=O)n2ncc(OC(C)=O)c2n1.Cc1cc(CN)ccc1F. The summed E-state index contributed by atoms with van der Waals surface area (Å²) in [6.45, 7) is 4.75. The first-order chi connectivity index (χ1) is 14.2. The largest absolute Gasteiger partial charge is 0.464 e. The maximum absolute atomic E-state index is 12.6. The fraction of sp³-hybridized carbons (Fsp3) is 0.250. The fourth-order valence-electron chi connectivity index (χ4n) is 2.46. The number of methoxy groups -OCH3 is 1. The number of rotatable bonds is 4. The zero-order valence-electron chi connectivity index (χ0n) is 16.9. The van der Waals surface area contributed by atoms with Crippen LogP contribution in [0.1, 0.15) is 46.0 Å². The van der Waals surface area contributed by atoms with Crippen molar-refractivity contribution in [2.75, 3.05) is 7.11 Å². The minimum atomic E-state index is -0.704. The number of carbonyl (C=O) groups excluding carboxylic acids is 3. The van der Waals surface area contributed by atoms with E-state index in [0.717, 1.165) is 5.56 Å². The van der Waals surface area contributed by atoms with Gasteiger partial charge in [0.25, 0.3) is 0 Å². The smallest absolute Gasteiger partial charge is 0.356 e. The van der Waals surface area contributed by atoms with Crippen LogP contribution in [0.25, 0.3) is 5.65 Å². The number of halogens is 1. The Morgan fingerprint density at radius 1 is 1.20 bits per heavy atom. The number of hydrogen-bond donors (Lipinski definition) is 1. The van der Waals surface area contributed by atoms with Crippen LogP contribution in [0, 0.1) is 12.7 Å². The normalized spacial score (nSPS) is 10.2. The number of benzene rings is 1. The molecule has 0 saturated heterocycles. The van der Waals surface area contributed by atoms with Gasteiger partial charge in [-0.15, -0.1) is 0 Å². The summed E-state index contributed by atoms with van der Waals surface area (Å²) in [4.78, 5) is 38.2. The number of nitrogens with zero attached hydrogens (tertiary/aromatic N) is 3. The number of hydrogen-bond acceptors (Lipinski definition) is 8. The van der Waals surface area contributed by atoms with Crippen LogP contribution in [0.4, 0.5) is 4.39 Å². The van der Waals surface area contributed by atoms with E-state index in [0.29, 0.717) is 12.1 Å². The first-order valence-corrected chi connectivity index (χ1v) is 8.79. The summed E-state index contributed by atoms with van der Waals surface area (Å²) >= 11 is 0. The third kappa shape index (κ3) is 5.23. The topological polar surface area (TPSA) is 126 Å². The van der Waals surface area contributed by atoms with Gasteiger partial charge in [0.15, 0.2) is 22.9 Å². The first-order valence-electron chi connectivity index (χ1n) is 8.79. The molecule has 0 aliphatic rings. The van der Waals surface area contributed by atoms with Crippen LogP contribution < -0.4 is 10.5 Å². The number of ketones is 1. The second kappa shape index (κ2) is 9.70. The standard InChI is InChI=1S/C12H11N3O5.C8H10FN/c1-6(16)9-4-8(12(18)19-3)14-11-10(20-7(2)17)5-13-15(9)11;1-6-4-7(5-10)2-3-8(6)9/h4-5H,1-3H3;2-4H,5,10H2,1H3. The van der Waals surface area contributed by atoms with Crippen LogP contribution in [0.3, 0.4) is 0 Å². The molecule has 0 spiro atoms. The molecular weight excluding hydrogens is 395 g/mol. The molecule has 158 valence electrons. The highest BCUT2D eigenvalue weighted by Crippen LogP contribution is 2.20. The molecule has 0 aliphatic heterocycles. The van der Waals surface area contributed by atoms with Crippen molar-refractivity contribution in [3.63, 3.8) is 0 Å². The van der Waals surface area contributed by atoms with E-state index >= 15 is 0 Å². The first kappa shape index (κ1) is 22.6. The van der Waals surface area contributed by atoms with Crippen molar-refractivity contribution in [1.82, 2.24) is 14.6 Å². The van der Waals surface area contributed by atoms with Gasteiger partial charge in [0.1, 0.15) is 11.5 Å². The minimum Gasteiger partial charge on any atom is -0.464 e. The summed E-state index contributed by atoms with van der Waals surface area (Å²) in [6.07, 6.45) is 1.25. The lowest BCUT2D eigenvalue weighted by molar-refractivity contribution is -0.131. The lowest BCUT2D eigenvalue weighted by atomic mass is 10.1. The Labute approximate surface area is 171 Å². The number of fused-ring (bicyclic) bond motifs is 1. The molecule has 0 bridgehead atoms. The second-order valence-electron chi connectivity index (χ2n) is 6.20. The molecule has 2 aromatic heterocycles. The van der Waals surface area contributed by atoms with E-state index in [9.17, 15) is 18.8 Å².